The van der Waals surface area contributed by atoms with Crippen molar-refractivity contribution in [3.63, 3.8) is 0 Å². The molecule has 1 heterocycles. The molecular formula is C36H43ClN2O4Si. The molecule has 6 nitrogen and oxygen atoms in total. The third-order valence-electron chi connectivity index (χ3n) is 9.06. The number of carbonyl (C=O) groups excluding carboxylic acids is 2. The number of amides is 1. The molecule has 3 aromatic carbocycles. The zero-order valence-corrected chi connectivity index (χ0v) is 28.3. The molecule has 0 aliphatic rings. The van der Waals surface area contributed by atoms with Gasteiger partial charge in [-0.25, -0.2) is 4.98 Å². The van der Waals surface area contributed by atoms with Gasteiger partial charge in [0.1, 0.15) is 6.26 Å². The Bertz CT molecular complexity index is 1580. The Morgan fingerprint density at radius 2 is 1.61 bits per heavy atom. The molecule has 1 amide bonds. The molecule has 0 saturated heterocycles. The minimum Gasteiger partial charge on any atom is -0.444 e. The fraction of sp³-hybridized carbons (Fsp3) is 0.361. The number of aromatic nitrogens is 1. The van der Waals surface area contributed by atoms with Gasteiger partial charge in [-0.15, -0.1) is 0 Å². The van der Waals surface area contributed by atoms with Crippen LogP contribution < -0.4 is 5.32 Å². The minimum absolute atomic E-state index is 0.111. The second-order valence-electron chi connectivity index (χ2n) is 12.5. The molecule has 0 radical (unpaired) electrons. The van der Waals surface area contributed by atoms with Crippen LogP contribution in [0.1, 0.15) is 71.7 Å². The number of carbonyl (C=O) groups is 2. The molecule has 0 bridgehead atoms. The van der Waals surface area contributed by atoms with E-state index >= 15 is 0 Å². The Labute approximate surface area is 267 Å². The van der Waals surface area contributed by atoms with Gasteiger partial charge in [-0.1, -0.05) is 93.9 Å². The van der Waals surface area contributed by atoms with Crippen molar-refractivity contribution in [3.8, 4) is 11.5 Å². The van der Waals surface area contributed by atoms with E-state index in [0.29, 0.717) is 47.2 Å². The van der Waals surface area contributed by atoms with Gasteiger partial charge < -0.3 is 14.2 Å². The SMILES string of the molecule is CC(C)C(C)(C)[Si](C)(C)OCCCc1ccccc1C(=O)c1ccccc1-c1nc(C(=O)NCCc2ccc(Cl)cc2)co1. The van der Waals surface area contributed by atoms with Crippen molar-refractivity contribution in [2.75, 3.05) is 13.2 Å². The van der Waals surface area contributed by atoms with Crippen molar-refractivity contribution in [3.05, 3.63) is 112 Å². The van der Waals surface area contributed by atoms with Gasteiger partial charge in [-0.05, 0) is 72.6 Å². The Morgan fingerprint density at radius 3 is 2.32 bits per heavy atom. The van der Waals surface area contributed by atoms with Gasteiger partial charge in [0.05, 0.1) is 0 Å². The van der Waals surface area contributed by atoms with Crippen molar-refractivity contribution in [1.82, 2.24) is 10.3 Å². The van der Waals surface area contributed by atoms with E-state index in [9.17, 15) is 9.59 Å². The number of nitrogens with zero attached hydrogens (tertiary/aromatic N) is 1. The number of ketones is 1. The van der Waals surface area contributed by atoms with Crippen molar-refractivity contribution in [2.45, 2.75) is 65.1 Å². The summed E-state index contributed by atoms with van der Waals surface area (Å²) in [5.41, 5.74) is 3.86. The normalized spacial score (nSPS) is 12.0. The second kappa shape index (κ2) is 14.5. The third kappa shape index (κ3) is 7.94. The second-order valence-corrected chi connectivity index (χ2v) is 17.6. The number of oxazole rings is 1. The van der Waals surface area contributed by atoms with E-state index in [-0.39, 0.29) is 28.3 Å². The zero-order chi connectivity index (χ0) is 31.9. The average molecular weight is 631 g/mol. The van der Waals surface area contributed by atoms with E-state index in [0.717, 1.165) is 24.0 Å². The third-order valence-corrected chi connectivity index (χ3v) is 13.9. The molecule has 232 valence electrons. The number of aryl methyl sites for hydroxylation is 1. The molecule has 4 rings (SSSR count). The van der Waals surface area contributed by atoms with Crippen LogP contribution in [-0.2, 0) is 17.3 Å². The van der Waals surface area contributed by atoms with Crippen LogP contribution in [0.2, 0.25) is 23.2 Å². The molecule has 0 spiro atoms. The van der Waals surface area contributed by atoms with E-state index in [4.69, 9.17) is 20.4 Å². The van der Waals surface area contributed by atoms with Gasteiger partial charge in [-0.3, -0.25) is 9.59 Å². The van der Waals surface area contributed by atoms with Gasteiger partial charge >= 0.3 is 0 Å². The molecule has 0 unspecified atom stereocenters. The summed E-state index contributed by atoms with van der Waals surface area (Å²) in [6.07, 6.45) is 3.54. The van der Waals surface area contributed by atoms with E-state index < -0.39 is 8.32 Å². The van der Waals surface area contributed by atoms with Crippen LogP contribution in [0, 0.1) is 5.92 Å². The lowest BCUT2D eigenvalue weighted by molar-refractivity contribution is 0.0948. The topological polar surface area (TPSA) is 81.4 Å². The summed E-state index contributed by atoms with van der Waals surface area (Å²) in [5.74, 6) is 0.313. The van der Waals surface area contributed by atoms with Crippen LogP contribution in [0.3, 0.4) is 0 Å². The molecule has 44 heavy (non-hydrogen) atoms. The smallest absolute Gasteiger partial charge is 0.273 e. The van der Waals surface area contributed by atoms with Gasteiger partial charge in [0.2, 0.25) is 5.89 Å². The highest BCUT2D eigenvalue weighted by atomic mass is 35.5. The van der Waals surface area contributed by atoms with Gasteiger partial charge in [-0.2, -0.15) is 0 Å². The summed E-state index contributed by atoms with van der Waals surface area (Å²) in [5, 5.41) is 3.70. The molecule has 0 aliphatic carbocycles. The lowest BCUT2D eigenvalue weighted by Crippen LogP contribution is -2.45. The molecule has 0 atom stereocenters. The lowest BCUT2D eigenvalue weighted by atomic mass is 9.93. The summed E-state index contributed by atoms with van der Waals surface area (Å²) >= 11 is 5.95. The highest BCUT2D eigenvalue weighted by Crippen LogP contribution is 2.44. The van der Waals surface area contributed by atoms with Crippen molar-refractivity contribution < 1.29 is 18.4 Å². The van der Waals surface area contributed by atoms with Crippen LogP contribution in [0.5, 0.6) is 0 Å². The van der Waals surface area contributed by atoms with Crippen LogP contribution in [0.4, 0.5) is 0 Å². The predicted molar refractivity (Wildman–Crippen MR) is 180 cm³/mol. The van der Waals surface area contributed by atoms with E-state index in [1.54, 1.807) is 12.1 Å². The van der Waals surface area contributed by atoms with Gasteiger partial charge in [0, 0.05) is 34.9 Å². The number of benzene rings is 3. The minimum atomic E-state index is -1.91. The van der Waals surface area contributed by atoms with E-state index in [2.05, 4.69) is 51.1 Å². The maximum atomic E-state index is 13.9. The predicted octanol–water partition coefficient (Wildman–Crippen LogP) is 8.79. The first kappa shape index (κ1) is 33.4. The monoisotopic (exact) mass is 630 g/mol. The molecule has 0 aliphatic heterocycles. The highest BCUT2D eigenvalue weighted by Gasteiger charge is 2.43. The first-order chi connectivity index (χ1) is 20.9. The standard InChI is InChI=1S/C36H43ClN2O4Si/c1-25(2)36(3,4)44(5,6)43-23-11-13-27-12-7-8-14-29(27)33(40)30-15-9-10-16-31(30)35-39-32(24-42-35)34(41)38-22-21-26-17-19-28(37)20-18-26/h7-10,12,14-20,24-25H,11,13,21-23H2,1-6H3,(H,38,41). The van der Waals surface area contributed by atoms with Crippen LogP contribution in [-0.4, -0.2) is 38.1 Å². The van der Waals surface area contributed by atoms with Crippen molar-refractivity contribution in [1.29, 1.82) is 0 Å². The first-order valence-corrected chi connectivity index (χ1v) is 18.5. The average Bonchev–Trinajstić information content (AvgIpc) is 3.50. The lowest BCUT2D eigenvalue weighted by Gasteiger charge is -2.42. The van der Waals surface area contributed by atoms with Crippen molar-refractivity contribution >= 4 is 31.6 Å². The fourth-order valence-electron chi connectivity index (χ4n) is 5.01. The van der Waals surface area contributed by atoms with E-state index in [1.807, 2.05) is 60.7 Å². The fourth-order valence-corrected chi connectivity index (χ4v) is 7.55. The Morgan fingerprint density at radius 1 is 0.955 bits per heavy atom. The quantitative estimate of drug-likeness (QED) is 0.0855. The summed E-state index contributed by atoms with van der Waals surface area (Å²) in [4.78, 5) is 31.1. The molecule has 0 fully saturated rings. The Balaban J connectivity index is 1.43. The molecule has 1 aromatic heterocycles. The highest BCUT2D eigenvalue weighted by molar-refractivity contribution is 6.74. The zero-order valence-electron chi connectivity index (χ0n) is 26.6. The van der Waals surface area contributed by atoms with Gasteiger partial charge in [0.15, 0.2) is 19.8 Å². The van der Waals surface area contributed by atoms with Crippen LogP contribution in [0.15, 0.2) is 83.5 Å². The van der Waals surface area contributed by atoms with Crippen LogP contribution in [0.25, 0.3) is 11.5 Å². The Hall–Kier alpha value is -3.52. The maximum Gasteiger partial charge on any atom is 0.273 e. The Kier molecular flexibility index (Phi) is 11.0. The number of hydrogen-bond donors (Lipinski definition) is 1. The van der Waals surface area contributed by atoms with E-state index in [1.165, 1.54) is 6.26 Å². The molecule has 8 heteroatoms. The molecular weight excluding hydrogens is 588 g/mol. The summed E-state index contributed by atoms with van der Waals surface area (Å²) in [6, 6.07) is 22.4. The number of nitrogens with one attached hydrogen (secondary N) is 1. The summed E-state index contributed by atoms with van der Waals surface area (Å²) < 4.78 is 12.2. The summed E-state index contributed by atoms with van der Waals surface area (Å²) in [6.45, 7) is 14.8. The summed E-state index contributed by atoms with van der Waals surface area (Å²) in [7, 11) is -1.91. The van der Waals surface area contributed by atoms with Gasteiger partial charge in [0.25, 0.3) is 5.91 Å². The number of halogens is 1. The number of hydrogen-bond acceptors (Lipinski definition) is 5. The maximum absolute atomic E-state index is 13.9. The van der Waals surface area contributed by atoms with Crippen molar-refractivity contribution in [2.24, 2.45) is 5.92 Å². The molecule has 4 aromatic rings. The largest absolute Gasteiger partial charge is 0.444 e. The first-order valence-electron chi connectivity index (χ1n) is 15.2. The van der Waals surface area contributed by atoms with Crippen LogP contribution >= 0.6 is 11.6 Å². The number of rotatable bonds is 14. The molecule has 1 N–H and O–H groups in total. The molecule has 0 saturated carbocycles.